The molecule has 0 aliphatic carbocycles. The molecule has 0 fully saturated rings. The first kappa shape index (κ1) is 9.09. The first-order chi connectivity index (χ1) is 6.31. The summed E-state index contributed by atoms with van der Waals surface area (Å²) in [6.45, 7) is 0. The molecule has 0 bridgehead atoms. The minimum Gasteiger partial charge on any atom is -0.497 e. The maximum Gasteiger partial charge on any atom is 0.120 e. The third-order valence-corrected chi connectivity index (χ3v) is 1.71. The second-order valence-electron chi connectivity index (χ2n) is 2.47. The number of nitriles is 2. The van der Waals surface area contributed by atoms with Gasteiger partial charge in [0.1, 0.15) is 5.75 Å². The van der Waals surface area contributed by atoms with Crippen LogP contribution in [0.3, 0.4) is 0 Å². The van der Waals surface area contributed by atoms with Gasteiger partial charge in [0.2, 0.25) is 0 Å². The van der Waals surface area contributed by atoms with Crippen molar-refractivity contribution in [1.82, 2.24) is 0 Å². The Morgan fingerprint density at radius 1 is 1.38 bits per heavy atom. The van der Waals surface area contributed by atoms with E-state index in [4.69, 9.17) is 15.3 Å². The summed E-state index contributed by atoms with van der Waals surface area (Å²) in [7, 11) is 1.54. The van der Waals surface area contributed by atoms with Gasteiger partial charge in [-0.3, -0.25) is 0 Å². The van der Waals surface area contributed by atoms with Crippen molar-refractivity contribution in [3.63, 3.8) is 0 Å². The summed E-state index contributed by atoms with van der Waals surface area (Å²) < 4.78 is 4.96. The van der Waals surface area contributed by atoms with Gasteiger partial charge >= 0.3 is 0 Å². The molecule has 0 aliphatic heterocycles. The molecule has 0 spiro atoms. The number of methoxy groups -OCH3 is 1. The average molecular weight is 172 g/mol. The van der Waals surface area contributed by atoms with E-state index in [0.29, 0.717) is 11.3 Å². The Morgan fingerprint density at radius 2 is 2.15 bits per heavy atom. The van der Waals surface area contributed by atoms with Crippen LogP contribution in [0.15, 0.2) is 18.2 Å². The molecule has 0 amide bonds. The van der Waals surface area contributed by atoms with Gasteiger partial charge in [-0.15, -0.1) is 0 Å². The minimum atomic E-state index is 0.257. The third kappa shape index (κ3) is 1.98. The molecule has 0 saturated heterocycles. The highest BCUT2D eigenvalue weighted by Gasteiger charge is 2.02. The molecule has 3 heteroatoms. The number of ether oxygens (including phenoxy) is 1. The van der Waals surface area contributed by atoms with Gasteiger partial charge in [-0.25, -0.2) is 0 Å². The second-order valence-corrected chi connectivity index (χ2v) is 2.47. The van der Waals surface area contributed by atoms with E-state index in [0.717, 1.165) is 5.56 Å². The molecule has 0 aliphatic rings. The Morgan fingerprint density at radius 3 is 2.69 bits per heavy atom. The molecule has 1 aromatic carbocycles. The number of rotatable bonds is 2. The standard InChI is InChI=1S/C10H8N2O/c1-13-10-3-2-8(4-5-11)9(6-10)7-12/h2-3,6H,4H2,1H3. The summed E-state index contributed by atoms with van der Waals surface area (Å²) >= 11 is 0. The SMILES string of the molecule is COc1ccc(CC#N)c(C#N)c1. The zero-order chi connectivity index (χ0) is 9.68. The molecule has 1 rings (SSSR count). The van der Waals surface area contributed by atoms with Gasteiger partial charge in [-0.1, -0.05) is 6.07 Å². The van der Waals surface area contributed by atoms with Crippen LogP contribution in [0.5, 0.6) is 5.75 Å². The van der Waals surface area contributed by atoms with Crippen molar-refractivity contribution in [2.24, 2.45) is 0 Å². The third-order valence-electron chi connectivity index (χ3n) is 1.71. The van der Waals surface area contributed by atoms with Crippen molar-refractivity contribution >= 4 is 0 Å². The van der Waals surface area contributed by atoms with Crippen LogP contribution in [0.2, 0.25) is 0 Å². The molecule has 0 aromatic heterocycles. The van der Waals surface area contributed by atoms with Crippen LogP contribution in [0.25, 0.3) is 0 Å². The zero-order valence-corrected chi connectivity index (χ0v) is 7.24. The van der Waals surface area contributed by atoms with Crippen molar-refractivity contribution in [1.29, 1.82) is 10.5 Å². The fourth-order valence-corrected chi connectivity index (χ4v) is 1.03. The molecule has 3 nitrogen and oxygen atoms in total. The summed E-state index contributed by atoms with van der Waals surface area (Å²) in [4.78, 5) is 0. The van der Waals surface area contributed by atoms with Gasteiger partial charge in [0, 0.05) is 0 Å². The molecular formula is C10H8N2O. The summed E-state index contributed by atoms with van der Waals surface area (Å²) in [6, 6.07) is 9.14. The van der Waals surface area contributed by atoms with Gasteiger partial charge in [0.15, 0.2) is 0 Å². The highest BCUT2D eigenvalue weighted by Crippen LogP contribution is 2.16. The monoisotopic (exact) mass is 172 g/mol. The highest BCUT2D eigenvalue weighted by molar-refractivity contribution is 5.44. The Kier molecular flexibility index (Phi) is 2.89. The van der Waals surface area contributed by atoms with Crippen molar-refractivity contribution in [2.75, 3.05) is 7.11 Å². The molecule has 13 heavy (non-hydrogen) atoms. The van der Waals surface area contributed by atoms with Gasteiger partial charge < -0.3 is 4.74 Å². The van der Waals surface area contributed by atoms with E-state index in [-0.39, 0.29) is 6.42 Å². The minimum absolute atomic E-state index is 0.257. The van der Waals surface area contributed by atoms with Crippen molar-refractivity contribution in [3.8, 4) is 17.9 Å². The van der Waals surface area contributed by atoms with Crippen LogP contribution in [0.4, 0.5) is 0 Å². The molecule has 0 heterocycles. The Hall–Kier alpha value is -2.00. The van der Waals surface area contributed by atoms with Gasteiger partial charge in [-0.05, 0) is 17.7 Å². The maximum absolute atomic E-state index is 8.75. The highest BCUT2D eigenvalue weighted by atomic mass is 16.5. The van der Waals surface area contributed by atoms with E-state index < -0.39 is 0 Å². The van der Waals surface area contributed by atoms with Crippen molar-refractivity contribution in [3.05, 3.63) is 29.3 Å². The summed E-state index contributed by atoms with van der Waals surface area (Å²) in [5.41, 5.74) is 1.24. The molecular weight excluding hydrogens is 164 g/mol. The maximum atomic E-state index is 8.75. The topological polar surface area (TPSA) is 56.8 Å². The number of benzene rings is 1. The van der Waals surface area contributed by atoms with Crippen LogP contribution in [0, 0.1) is 22.7 Å². The first-order valence-corrected chi connectivity index (χ1v) is 3.75. The smallest absolute Gasteiger partial charge is 0.120 e. The summed E-state index contributed by atoms with van der Waals surface area (Å²) in [6.07, 6.45) is 0.257. The number of nitrogens with zero attached hydrogens (tertiary/aromatic N) is 2. The predicted molar refractivity (Wildman–Crippen MR) is 47.0 cm³/mol. The molecule has 0 atom stereocenters. The van der Waals surface area contributed by atoms with Crippen molar-refractivity contribution < 1.29 is 4.74 Å². The lowest BCUT2D eigenvalue weighted by molar-refractivity contribution is 0.414. The van der Waals surface area contributed by atoms with E-state index in [1.54, 1.807) is 25.3 Å². The number of hydrogen-bond acceptors (Lipinski definition) is 3. The Balaban J connectivity index is 3.11. The van der Waals surface area contributed by atoms with E-state index in [9.17, 15) is 0 Å². The number of hydrogen-bond donors (Lipinski definition) is 0. The molecule has 0 saturated carbocycles. The first-order valence-electron chi connectivity index (χ1n) is 3.75. The van der Waals surface area contributed by atoms with E-state index >= 15 is 0 Å². The largest absolute Gasteiger partial charge is 0.497 e. The average Bonchev–Trinajstić information content (AvgIpc) is 2.19. The van der Waals surface area contributed by atoms with Crippen LogP contribution >= 0.6 is 0 Å². The Labute approximate surface area is 76.8 Å². The second kappa shape index (κ2) is 4.13. The predicted octanol–water partition coefficient (Wildman–Crippen LogP) is 1.63. The molecule has 0 radical (unpaired) electrons. The van der Waals surface area contributed by atoms with E-state index in [1.807, 2.05) is 12.1 Å². The normalized spacial score (nSPS) is 8.54. The van der Waals surface area contributed by atoms with E-state index in [2.05, 4.69) is 0 Å². The molecule has 64 valence electrons. The zero-order valence-electron chi connectivity index (χ0n) is 7.24. The Bertz CT molecular complexity index is 385. The lowest BCUT2D eigenvalue weighted by atomic mass is 10.1. The fourth-order valence-electron chi connectivity index (χ4n) is 1.03. The van der Waals surface area contributed by atoms with Gasteiger partial charge in [0.25, 0.3) is 0 Å². The van der Waals surface area contributed by atoms with E-state index in [1.165, 1.54) is 0 Å². The summed E-state index contributed by atoms with van der Waals surface area (Å²) in [5, 5.41) is 17.2. The fraction of sp³-hybridized carbons (Fsp3) is 0.200. The lowest BCUT2D eigenvalue weighted by Gasteiger charge is -2.02. The van der Waals surface area contributed by atoms with Gasteiger partial charge in [0.05, 0.1) is 31.2 Å². The summed E-state index contributed by atoms with van der Waals surface area (Å²) in [5.74, 6) is 0.637. The molecule has 0 unspecified atom stereocenters. The van der Waals surface area contributed by atoms with Crippen molar-refractivity contribution in [2.45, 2.75) is 6.42 Å². The van der Waals surface area contributed by atoms with Crippen LogP contribution < -0.4 is 4.74 Å². The van der Waals surface area contributed by atoms with Crippen LogP contribution in [-0.2, 0) is 6.42 Å². The quantitative estimate of drug-likeness (QED) is 0.681. The van der Waals surface area contributed by atoms with Gasteiger partial charge in [-0.2, -0.15) is 10.5 Å². The lowest BCUT2D eigenvalue weighted by Crippen LogP contribution is -1.90. The van der Waals surface area contributed by atoms with Crippen LogP contribution in [-0.4, -0.2) is 7.11 Å². The van der Waals surface area contributed by atoms with Crippen LogP contribution in [0.1, 0.15) is 11.1 Å². The molecule has 1 aromatic rings. The molecule has 0 N–H and O–H groups in total.